The number of carbonyl (C=O) groups is 2. The van der Waals surface area contributed by atoms with E-state index in [1.807, 2.05) is 93.1 Å². The van der Waals surface area contributed by atoms with Gasteiger partial charge in [-0.05, 0) is 82.5 Å². The van der Waals surface area contributed by atoms with Gasteiger partial charge in [-0.3, -0.25) is 9.59 Å². The first kappa shape index (κ1) is 28.9. The number of nitrogens with zero attached hydrogens (tertiary/aromatic N) is 3. The van der Waals surface area contributed by atoms with E-state index in [-0.39, 0.29) is 23.9 Å². The van der Waals surface area contributed by atoms with E-state index in [2.05, 4.69) is 20.5 Å². The van der Waals surface area contributed by atoms with Crippen molar-refractivity contribution < 1.29 is 14.3 Å². The Kier molecular flexibility index (Phi) is 8.29. The van der Waals surface area contributed by atoms with E-state index < -0.39 is 11.7 Å². The van der Waals surface area contributed by atoms with Gasteiger partial charge in [-0.25, -0.2) is 9.78 Å². The molecule has 0 bridgehead atoms. The van der Waals surface area contributed by atoms with Crippen LogP contribution >= 0.6 is 0 Å². The number of rotatable bonds is 6. The van der Waals surface area contributed by atoms with Gasteiger partial charge in [0.1, 0.15) is 11.4 Å². The molecule has 9 nitrogen and oxygen atoms in total. The van der Waals surface area contributed by atoms with E-state index in [9.17, 15) is 14.4 Å². The predicted octanol–water partition coefficient (Wildman–Crippen LogP) is 5.12. The van der Waals surface area contributed by atoms with Crippen LogP contribution in [0.4, 0.5) is 10.6 Å². The van der Waals surface area contributed by atoms with E-state index in [0.29, 0.717) is 16.5 Å². The number of para-hydroxylation sites is 1. The molecule has 9 heteroatoms. The largest absolute Gasteiger partial charge is 0.444 e. The number of nitrogens with one attached hydrogen (secondary N) is 2. The highest BCUT2D eigenvalue weighted by molar-refractivity contribution is 5.94. The van der Waals surface area contributed by atoms with Crippen LogP contribution in [0.25, 0.3) is 16.6 Å². The molecule has 1 fully saturated rings. The lowest BCUT2D eigenvalue weighted by molar-refractivity contribution is 0.0497. The third-order valence-corrected chi connectivity index (χ3v) is 7.26. The van der Waals surface area contributed by atoms with Gasteiger partial charge in [0.2, 0.25) is 0 Å². The van der Waals surface area contributed by atoms with Gasteiger partial charge in [0.05, 0.1) is 11.1 Å². The summed E-state index contributed by atoms with van der Waals surface area (Å²) in [5, 5.41) is 6.44. The molecule has 0 saturated carbocycles. The molecule has 4 aromatic rings. The fourth-order valence-electron chi connectivity index (χ4n) is 5.13. The molecule has 5 rings (SSSR count). The number of amides is 2. The van der Waals surface area contributed by atoms with Gasteiger partial charge in [-0.2, -0.15) is 0 Å². The number of hydrogen-bond acceptors (Lipinski definition) is 6. The number of anilines is 1. The monoisotopic (exact) mass is 567 g/mol. The highest BCUT2D eigenvalue weighted by atomic mass is 16.6. The first-order valence-electron chi connectivity index (χ1n) is 14.3. The van der Waals surface area contributed by atoms with Crippen molar-refractivity contribution in [3.05, 3.63) is 100.0 Å². The van der Waals surface area contributed by atoms with Gasteiger partial charge in [-0.15, -0.1) is 0 Å². The molecule has 0 unspecified atom stereocenters. The van der Waals surface area contributed by atoms with E-state index in [0.717, 1.165) is 48.5 Å². The quantitative estimate of drug-likeness (QED) is 0.335. The zero-order chi connectivity index (χ0) is 29.9. The van der Waals surface area contributed by atoms with Crippen molar-refractivity contribution in [2.75, 3.05) is 18.0 Å². The summed E-state index contributed by atoms with van der Waals surface area (Å²) >= 11 is 0. The second-order valence-electron chi connectivity index (χ2n) is 11.7. The van der Waals surface area contributed by atoms with Crippen LogP contribution in [0.3, 0.4) is 0 Å². The minimum Gasteiger partial charge on any atom is -0.444 e. The van der Waals surface area contributed by atoms with E-state index in [1.54, 1.807) is 12.3 Å². The highest BCUT2D eigenvalue weighted by Gasteiger charge is 2.24. The van der Waals surface area contributed by atoms with Crippen molar-refractivity contribution in [2.45, 2.75) is 58.7 Å². The van der Waals surface area contributed by atoms with Gasteiger partial charge in [-0.1, -0.05) is 24.3 Å². The summed E-state index contributed by atoms with van der Waals surface area (Å²) in [5.74, 6) is 0.474. The molecule has 0 radical (unpaired) electrons. The summed E-state index contributed by atoms with van der Waals surface area (Å²) in [6.07, 6.45) is 4.51. The standard InChI is InChI=1S/C33H37N5O4/c1-22-10-12-27-28(18-22)38(26-8-6-5-7-9-26)21-24(30(27)39)20-35-31(40)23-11-13-29(34-19-23)37-16-14-25(15-17-37)36-32(41)42-33(2,3)4/h5-13,18-19,21,25H,14-17,20H2,1-4H3,(H,35,40)(H,36,41). The van der Waals surface area contributed by atoms with Crippen molar-refractivity contribution in [3.63, 3.8) is 0 Å². The molecular formula is C33H37N5O4. The maximum atomic E-state index is 13.3. The summed E-state index contributed by atoms with van der Waals surface area (Å²) in [4.78, 5) is 45.1. The molecule has 2 N–H and O–H groups in total. The van der Waals surface area contributed by atoms with Crippen LogP contribution in [-0.2, 0) is 11.3 Å². The normalized spacial score (nSPS) is 14.0. The van der Waals surface area contributed by atoms with Crippen LogP contribution < -0.4 is 21.0 Å². The molecule has 0 aliphatic carbocycles. The zero-order valence-electron chi connectivity index (χ0n) is 24.5. The number of benzene rings is 2. The zero-order valence-corrected chi connectivity index (χ0v) is 24.5. The van der Waals surface area contributed by atoms with Gasteiger partial charge in [0.25, 0.3) is 5.91 Å². The average Bonchev–Trinajstić information content (AvgIpc) is 2.96. The number of fused-ring (bicyclic) bond motifs is 1. The highest BCUT2D eigenvalue weighted by Crippen LogP contribution is 2.21. The van der Waals surface area contributed by atoms with Crippen molar-refractivity contribution in [2.24, 2.45) is 0 Å². The Morgan fingerprint density at radius 2 is 1.76 bits per heavy atom. The molecule has 1 aliphatic heterocycles. The first-order chi connectivity index (χ1) is 20.1. The third kappa shape index (κ3) is 6.79. The van der Waals surface area contributed by atoms with E-state index in [1.165, 1.54) is 0 Å². The Bertz CT molecular complexity index is 1630. The molecule has 2 aromatic heterocycles. The number of piperidine rings is 1. The minimum atomic E-state index is -0.529. The lowest BCUT2D eigenvalue weighted by atomic mass is 10.1. The predicted molar refractivity (Wildman–Crippen MR) is 164 cm³/mol. The maximum Gasteiger partial charge on any atom is 0.407 e. The Labute approximate surface area is 245 Å². The van der Waals surface area contributed by atoms with Crippen LogP contribution in [0.1, 0.15) is 55.1 Å². The summed E-state index contributed by atoms with van der Waals surface area (Å²) < 4.78 is 7.35. The number of carbonyl (C=O) groups excluding carboxylic acids is 2. The van der Waals surface area contributed by atoms with Crippen molar-refractivity contribution in [1.82, 2.24) is 20.2 Å². The van der Waals surface area contributed by atoms with Gasteiger partial charge in [0.15, 0.2) is 5.43 Å². The van der Waals surface area contributed by atoms with Crippen LogP contribution in [0.5, 0.6) is 0 Å². The molecule has 1 saturated heterocycles. The fraction of sp³-hybridized carbons (Fsp3) is 0.333. The van der Waals surface area contributed by atoms with Crippen LogP contribution in [0, 0.1) is 6.92 Å². The summed E-state index contributed by atoms with van der Waals surface area (Å²) in [7, 11) is 0. The number of ether oxygens (including phenoxy) is 1. The number of alkyl carbamates (subject to hydrolysis) is 1. The minimum absolute atomic E-state index is 0.0479. The molecule has 2 amide bonds. The molecule has 218 valence electrons. The fourth-order valence-corrected chi connectivity index (χ4v) is 5.13. The number of pyridine rings is 2. The smallest absolute Gasteiger partial charge is 0.407 e. The Morgan fingerprint density at radius 3 is 2.43 bits per heavy atom. The summed E-state index contributed by atoms with van der Waals surface area (Å²) in [6.45, 7) is 9.08. The van der Waals surface area contributed by atoms with Crippen LogP contribution in [0.2, 0.25) is 0 Å². The molecule has 2 aromatic carbocycles. The van der Waals surface area contributed by atoms with Crippen molar-refractivity contribution in [3.8, 4) is 5.69 Å². The molecule has 0 spiro atoms. The van der Waals surface area contributed by atoms with E-state index >= 15 is 0 Å². The molecule has 3 heterocycles. The van der Waals surface area contributed by atoms with Gasteiger partial charge in [0, 0.05) is 54.7 Å². The second kappa shape index (κ2) is 12.1. The first-order valence-corrected chi connectivity index (χ1v) is 14.3. The Morgan fingerprint density at radius 1 is 1.02 bits per heavy atom. The van der Waals surface area contributed by atoms with Gasteiger partial charge >= 0.3 is 6.09 Å². The Hall–Kier alpha value is -4.66. The lowest BCUT2D eigenvalue weighted by Crippen LogP contribution is -2.46. The number of hydrogen-bond donors (Lipinski definition) is 2. The topological polar surface area (TPSA) is 106 Å². The number of aryl methyl sites for hydroxylation is 1. The van der Waals surface area contributed by atoms with Crippen molar-refractivity contribution >= 4 is 28.7 Å². The van der Waals surface area contributed by atoms with Crippen LogP contribution in [0.15, 0.2) is 77.9 Å². The van der Waals surface area contributed by atoms with Gasteiger partial charge < -0.3 is 24.8 Å². The average molecular weight is 568 g/mol. The SMILES string of the molecule is Cc1ccc2c(=O)c(CNC(=O)c3ccc(N4CCC(NC(=O)OC(C)(C)C)CC4)nc3)cn(-c3ccccc3)c2c1. The molecular weight excluding hydrogens is 530 g/mol. The molecule has 1 aliphatic rings. The second-order valence-corrected chi connectivity index (χ2v) is 11.7. The maximum absolute atomic E-state index is 13.3. The molecule has 0 atom stereocenters. The summed E-state index contributed by atoms with van der Waals surface area (Å²) in [5.41, 5.74) is 3.10. The van der Waals surface area contributed by atoms with Crippen LogP contribution in [-0.4, -0.2) is 46.3 Å². The number of aromatic nitrogens is 2. The summed E-state index contributed by atoms with van der Waals surface area (Å²) in [6, 6.07) is 19.2. The Balaban J connectivity index is 1.23. The third-order valence-electron chi connectivity index (χ3n) is 7.26. The lowest BCUT2D eigenvalue weighted by Gasteiger charge is -2.33. The van der Waals surface area contributed by atoms with E-state index in [4.69, 9.17) is 4.74 Å². The van der Waals surface area contributed by atoms with Crippen molar-refractivity contribution in [1.29, 1.82) is 0 Å². The molecule has 42 heavy (non-hydrogen) atoms.